The summed E-state index contributed by atoms with van der Waals surface area (Å²) in [7, 11) is 3.43. The summed E-state index contributed by atoms with van der Waals surface area (Å²) in [6.45, 7) is 2.68. The Hall–Kier alpha value is -1.01. The summed E-state index contributed by atoms with van der Waals surface area (Å²) in [6.07, 6.45) is 0.177. The third kappa shape index (κ3) is 4.83. The molecule has 0 bridgehead atoms. The van der Waals surface area contributed by atoms with E-state index in [1.807, 2.05) is 24.9 Å². The topological polar surface area (TPSA) is 58.7 Å². The predicted molar refractivity (Wildman–Crippen MR) is 77.9 cm³/mol. The number of methoxy groups -OCH3 is 1. The minimum Gasteiger partial charge on any atom is -0.389 e. The highest BCUT2D eigenvalue weighted by Crippen LogP contribution is 2.24. The molecule has 0 fully saturated rings. The Labute approximate surface area is 120 Å². The molecule has 1 aromatic rings. The average Bonchev–Trinajstić information content (AvgIpc) is 2.39. The fourth-order valence-corrected chi connectivity index (χ4v) is 2.43. The second-order valence-corrected chi connectivity index (χ2v) is 5.12. The number of hydrogen-bond donors (Lipinski definition) is 2. The van der Waals surface area contributed by atoms with Crippen LogP contribution in [0.5, 0.6) is 0 Å². The Morgan fingerprint density at radius 1 is 1.45 bits per heavy atom. The monoisotopic (exact) mass is 284 g/mol. The first-order valence-corrected chi connectivity index (χ1v) is 6.87. The Morgan fingerprint density at radius 3 is 2.70 bits per heavy atom. The standard InChI is InChI=1S/C15H25FN2O2/c1-4-14(17)15(11-6-5-7-12(16)8-11)18(2)9-13(19)10-20-3/h5-8,13-15,19H,4,9-10,17H2,1-3H3. The molecular formula is C15H25FN2O2. The molecule has 0 aliphatic heterocycles. The second-order valence-electron chi connectivity index (χ2n) is 5.12. The smallest absolute Gasteiger partial charge is 0.123 e. The fraction of sp³-hybridized carbons (Fsp3) is 0.600. The second kappa shape index (κ2) is 8.32. The van der Waals surface area contributed by atoms with Gasteiger partial charge in [-0.25, -0.2) is 4.39 Å². The molecule has 0 aromatic heterocycles. The first-order valence-electron chi connectivity index (χ1n) is 6.87. The van der Waals surface area contributed by atoms with Crippen LogP contribution in [0.3, 0.4) is 0 Å². The third-order valence-corrected chi connectivity index (χ3v) is 3.40. The van der Waals surface area contributed by atoms with Crippen molar-refractivity contribution in [3.05, 3.63) is 35.6 Å². The van der Waals surface area contributed by atoms with Gasteiger partial charge in [0.05, 0.1) is 12.7 Å². The van der Waals surface area contributed by atoms with Gasteiger partial charge in [-0.2, -0.15) is 0 Å². The lowest BCUT2D eigenvalue weighted by Crippen LogP contribution is -2.42. The van der Waals surface area contributed by atoms with Crippen LogP contribution in [0.15, 0.2) is 24.3 Å². The number of nitrogens with zero attached hydrogens (tertiary/aromatic N) is 1. The first kappa shape index (κ1) is 17.0. The van der Waals surface area contributed by atoms with Gasteiger partial charge in [0.2, 0.25) is 0 Å². The number of rotatable bonds is 8. The minimum absolute atomic E-state index is 0.128. The zero-order chi connectivity index (χ0) is 15.1. The Morgan fingerprint density at radius 2 is 2.15 bits per heavy atom. The molecule has 0 saturated carbocycles. The van der Waals surface area contributed by atoms with Gasteiger partial charge in [-0.05, 0) is 31.2 Å². The van der Waals surface area contributed by atoms with Crippen LogP contribution in [0.1, 0.15) is 24.9 Å². The van der Waals surface area contributed by atoms with Gasteiger partial charge in [-0.15, -0.1) is 0 Å². The Balaban J connectivity index is 2.89. The van der Waals surface area contributed by atoms with Crippen molar-refractivity contribution in [1.82, 2.24) is 4.90 Å². The zero-order valence-electron chi connectivity index (χ0n) is 12.4. The predicted octanol–water partition coefficient (Wildman–Crippen LogP) is 1.54. The lowest BCUT2D eigenvalue weighted by Gasteiger charge is -2.34. The minimum atomic E-state index is -0.592. The van der Waals surface area contributed by atoms with Crippen molar-refractivity contribution in [1.29, 1.82) is 0 Å². The van der Waals surface area contributed by atoms with Gasteiger partial charge in [0.25, 0.3) is 0 Å². The molecular weight excluding hydrogens is 259 g/mol. The maximum atomic E-state index is 13.4. The lowest BCUT2D eigenvalue weighted by atomic mass is 9.96. The quantitative estimate of drug-likeness (QED) is 0.760. The number of halogens is 1. The van der Waals surface area contributed by atoms with E-state index >= 15 is 0 Å². The largest absolute Gasteiger partial charge is 0.389 e. The van der Waals surface area contributed by atoms with Gasteiger partial charge in [-0.3, -0.25) is 4.90 Å². The molecule has 114 valence electrons. The number of hydrogen-bond acceptors (Lipinski definition) is 4. The van der Waals surface area contributed by atoms with Gasteiger partial charge in [0.15, 0.2) is 0 Å². The molecule has 0 amide bonds. The van der Waals surface area contributed by atoms with E-state index in [1.54, 1.807) is 13.2 Å². The van der Waals surface area contributed by atoms with Crippen molar-refractivity contribution >= 4 is 0 Å². The van der Waals surface area contributed by atoms with Crippen LogP contribution in [-0.4, -0.2) is 49.5 Å². The van der Waals surface area contributed by atoms with Crippen LogP contribution >= 0.6 is 0 Å². The molecule has 0 radical (unpaired) electrons. The molecule has 1 aromatic carbocycles. The van der Waals surface area contributed by atoms with Crippen molar-refractivity contribution in [2.45, 2.75) is 31.5 Å². The molecule has 3 atom stereocenters. The summed E-state index contributed by atoms with van der Waals surface area (Å²) in [5, 5.41) is 9.84. The molecule has 3 unspecified atom stereocenters. The summed E-state index contributed by atoms with van der Waals surface area (Å²) < 4.78 is 18.3. The molecule has 0 spiro atoms. The van der Waals surface area contributed by atoms with Crippen molar-refractivity contribution < 1.29 is 14.2 Å². The molecule has 1 rings (SSSR count). The van der Waals surface area contributed by atoms with E-state index in [2.05, 4.69) is 0 Å². The maximum absolute atomic E-state index is 13.4. The molecule has 0 heterocycles. The van der Waals surface area contributed by atoms with Crippen LogP contribution in [0, 0.1) is 5.82 Å². The van der Waals surface area contributed by atoms with Crippen LogP contribution in [-0.2, 0) is 4.74 Å². The van der Waals surface area contributed by atoms with Crippen molar-refractivity contribution in [3.8, 4) is 0 Å². The van der Waals surface area contributed by atoms with E-state index in [0.29, 0.717) is 6.54 Å². The summed E-state index contributed by atoms with van der Waals surface area (Å²) >= 11 is 0. The normalized spacial score (nSPS) is 16.1. The number of nitrogens with two attached hydrogens (primary N) is 1. The SMILES string of the molecule is CCC(N)C(c1cccc(F)c1)N(C)CC(O)COC. The molecule has 20 heavy (non-hydrogen) atoms. The van der Waals surface area contributed by atoms with Crippen molar-refractivity contribution in [2.24, 2.45) is 5.73 Å². The summed E-state index contributed by atoms with van der Waals surface area (Å²) in [5.41, 5.74) is 7.00. The third-order valence-electron chi connectivity index (χ3n) is 3.40. The molecule has 4 nitrogen and oxygen atoms in total. The first-order chi connectivity index (χ1) is 9.49. The number of benzene rings is 1. The highest BCUT2D eigenvalue weighted by molar-refractivity contribution is 5.21. The van der Waals surface area contributed by atoms with Crippen LogP contribution in [0.2, 0.25) is 0 Å². The number of likely N-dealkylation sites (N-methyl/N-ethyl adjacent to an activating group) is 1. The highest BCUT2D eigenvalue weighted by Gasteiger charge is 2.25. The highest BCUT2D eigenvalue weighted by atomic mass is 19.1. The van der Waals surface area contributed by atoms with Gasteiger partial charge < -0.3 is 15.6 Å². The average molecular weight is 284 g/mol. The summed E-state index contributed by atoms with van der Waals surface area (Å²) in [4.78, 5) is 1.95. The summed E-state index contributed by atoms with van der Waals surface area (Å²) in [5.74, 6) is -0.276. The molecule has 0 aliphatic carbocycles. The Bertz CT molecular complexity index is 403. The van der Waals surface area contributed by atoms with Crippen LogP contribution in [0.25, 0.3) is 0 Å². The van der Waals surface area contributed by atoms with E-state index in [4.69, 9.17) is 10.5 Å². The lowest BCUT2D eigenvalue weighted by molar-refractivity contribution is 0.0308. The maximum Gasteiger partial charge on any atom is 0.123 e. The summed E-state index contributed by atoms with van der Waals surface area (Å²) in [6, 6.07) is 6.19. The van der Waals surface area contributed by atoms with Gasteiger partial charge in [0.1, 0.15) is 5.82 Å². The van der Waals surface area contributed by atoms with E-state index in [9.17, 15) is 9.50 Å². The molecule has 3 N–H and O–H groups in total. The molecule has 5 heteroatoms. The molecule has 0 aliphatic rings. The van der Waals surface area contributed by atoms with Crippen molar-refractivity contribution in [3.63, 3.8) is 0 Å². The van der Waals surface area contributed by atoms with Gasteiger partial charge in [0, 0.05) is 25.7 Å². The van der Waals surface area contributed by atoms with E-state index in [-0.39, 0.29) is 24.5 Å². The Kier molecular flexibility index (Phi) is 7.09. The van der Waals surface area contributed by atoms with Gasteiger partial charge in [-0.1, -0.05) is 19.1 Å². The number of aliphatic hydroxyl groups is 1. The number of ether oxygens (including phenoxy) is 1. The van der Waals surface area contributed by atoms with E-state index in [0.717, 1.165) is 12.0 Å². The molecule has 0 saturated heterocycles. The number of aliphatic hydroxyl groups excluding tert-OH is 1. The van der Waals surface area contributed by atoms with E-state index in [1.165, 1.54) is 12.1 Å². The van der Waals surface area contributed by atoms with E-state index < -0.39 is 6.10 Å². The van der Waals surface area contributed by atoms with Gasteiger partial charge >= 0.3 is 0 Å². The van der Waals surface area contributed by atoms with Crippen LogP contribution in [0.4, 0.5) is 4.39 Å². The van der Waals surface area contributed by atoms with Crippen LogP contribution < -0.4 is 5.73 Å². The fourth-order valence-electron chi connectivity index (χ4n) is 2.43. The zero-order valence-corrected chi connectivity index (χ0v) is 12.4. The van der Waals surface area contributed by atoms with Crippen molar-refractivity contribution in [2.75, 3.05) is 27.3 Å².